The van der Waals surface area contributed by atoms with Crippen molar-refractivity contribution < 1.29 is 9.18 Å². The lowest BCUT2D eigenvalue weighted by Crippen LogP contribution is -2.16. The molecular formula is C17H17BrFNO. The zero-order valence-electron chi connectivity index (χ0n) is 12.3. The van der Waals surface area contributed by atoms with Gasteiger partial charge in [0.2, 0.25) is 5.91 Å². The first kappa shape index (κ1) is 15.7. The molecule has 2 rings (SSSR count). The lowest BCUT2D eigenvalue weighted by atomic mass is 10.1. The predicted octanol–water partition coefficient (Wildman–Crippen LogP) is 4.69. The lowest BCUT2D eigenvalue weighted by molar-refractivity contribution is -0.115. The van der Waals surface area contributed by atoms with E-state index in [2.05, 4.69) is 21.2 Å². The number of rotatable bonds is 3. The molecule has 0 atom stereocenters. The largest absolute Gasteiger partial charge is 0.325 e. The molecule has 0 radical (unpaired) electrons. The molecule has 0 saturated heterocycles. The molecule has 0 spiro atoms. The molecule has 0 unspecified atom stereocenters. The highest BCUT2D eigenvalue weighted by Gasteiger charge is 2.10. The molecule has 0 aliphatic heterocycles. The van der Waals surface area contributed by atoms with Crippen molar-refractivity contribution in [3.8, 4) is 0 Å². The number of carbonyl (C=O) groups is 1. The van der Waals surface area contributed by atoms with Crippen molar-refractivity contribution in [2.24, 2.45) is 0 Å². The minimum absolute atomic E-state index is 0.145. The monoisotopic (exact) mass is 349 g/mol. The van der Waals surface area contributed by atoms with Crippen molar-refractivity contribution in [2.75, 3.05) is 5.32 Å². The Hall–Kier alpha value is -1.68. The number of amides is 1. The first-order valence-electron chi connectivity index (χ1n) is 6.68. The highest BCUT2D eigenvalue weighted by molar-refractivity contribution is 9.10. The van der Waals surface area contributed by atoms with E-state index in [4.69, 9.17) is 0 Å². The van der Waals surface area contributed by atoms with Gasteiger partial charge in [0.25, 0.3) is 0 Å². The molecule has 0 aliphatic rings. The number of hydrogen-bond acceptors (Lipinski definition) is 1. The molecular weight excluding hydrogens is 333 g/mol. The SMILES string of the molecule is Cc1cc(F)cc(CC(=O)Nc2c(C)cc(Br)cc2C)c1. The summed E-state index contributed by atoms with van der Waals surface area (Å²) in [5, 5.41) is 2.91. The second kappa shape index (κ2) is 6.39. The zero-order valence-corrected chi connectivity index (χ0v) is 13.8. The van der Waals surface area contributed by atoms with Gasteiger partial charge in [0.15, 0.2) is 0 Å². The molecule has 0 heterocycles. The third-order valence-corrected chi connectivity index (χ3v) is 3.69. The summed E-state index contributed by atoms with van der Waals surface area (Å²) in [6.45, 7) is 5.70. The summed E-state index contributed by atoms with van der Waals surface area (Å²) < 4.78 is 14.3. The smallest absolute Gasteiger partial charge is 0.228 e. The first-order chi connectivity index (χ1) is 9.85. The summed E-state index contributed by atoms with van der Waals surface area (Å²) >= 11 is 3.43. The minimum Gasteiger partial charge on any atom is -0.325 e. The molecule has 0 aliphatic carbocycles. The van der Waals surface area contributed by atoms with Crippen LogP contribution >= 0.6 is 15.9 Å². The standard InChI is InChI=1S/C17H17BrFNO/c1-10-4-13(8-15(19)5-10)9-16(21)20-17-11(2)6-14(18)7-12(17)3/h4-8H,9H2,1-3H3,(H,20,21). The van der Waals surface area contributed by atoms with E-state index in [1.165, 1.54) is 12.1 Å². The fourth-order valence-corrected chi connectivity index (χ4v) is 3.08. The normalized spacial score (nSPS) is 10.5. The van der Waals surface area contributed by atoms with Gasteiger partial charge in [0.1, 0.15) is 5.82 Å². The van der Waals surface area contributed by atoms with Crippen LogP contribution in [0.25, 0.3) is 0 Å². The van der Waals surface area contributed by atoms with E-state index in [9.17, 15) is 9.18 Å². The fourth-order valence-electron chi connectivity index (χ4n) is 2.39. The molecule has 1 amide bonds. The van der Waals surface area contributed by atoms with Gasteiger partial charge in [-0.25, -0.2) is 4.39 Å². The van der Waals surface area contributed by atoms with Crippen LogP contribution in [-0.4, -0.2) is 5.91 Å². The van der Waals surface area contributed by atoms with Crippen LogP contribution in [0.4, 0.5) is 10.1 Å². The maximum absolute atomic E-state index is 13.3. The maximum atomic E-state index is 13.3. The molecule has 2 aromatic carbocycles. The summed E-state index contributed by atoms with van der Waals surface area (Å²) in [7, 11) is 0. The average Bonchev–Trinajstić information content (AvgIpc) is 2.32. The molecule has 0 aromatic heterocycles. The highest BCUT2D eigenvalue weighted by Crippen LogP contribution is 2.25. The van der Waals surface area contributed by atoms with E-state index in [1.54, 1.807) is 0 Å². The molecule has 1 N–H and O–H groups in total. The lowest BCUT2D eigenvalue weighted by Gasteiger charge is -2.12. The van der Waals surface area contributed by atoms with Crippen LogP contribution < -0.4 is 5.32 Å². The van der Waals surface area contributed by atoms with E-state index in [1.807, 2.05) is 39.0 Å². The van der Waals surface area contributed by atoms with Crippen LogP contribution in [0.3, 0.4) is 0 Å². The predicted molar refractivity (Wildman–Crippen MR) is 87.1 cm³/mol. The van der Waals surface area contributed by atoms with Crippen molar-refractivity contribution >= 4 is 27.5 Å². The summed E-state index contributed by atoms with van der Waals surface area (Å²) in [6.07, 6.45) is 0.160. The Morgan fingerprint density at radius 2 is 1.71 bits per heavy atom. The van der Waals surface area contributed by atoms with Crippen LogP contribution in [0, 0.1) is 26.6 Å². The van der Waals surface area contributed by atoms with Crippen molar-refractivity contribution in [1.29, 1.82) is 0 Å². The van der Waals surface area contributed by atoms with Gasteiger partial charge >= 0.3 is 0 Å². The van der Waals surface area contributed by atoms with Gasteiger partial charge in [-0.2, -0.15) is 0 Å². The number of nitrogens with one attached hydrogen (secondary N) is 1. The quantitative estimate of drug-likeness (QED) is 0.855. The number of halogens is 2. The van der Waals surface area contributed by atoms with Gasteiger partial charge in [-0.05, 0) is 67.3 Å². The molecule has 2 aromatic rings. The topological polar surface area (TPSA) is 29.1 Å². The van der Waals surface area contributed by atoms with Crippen LogP contribution in [0.5, 0.6) is 0 Å². The Bertz CT molecular complexity index is 654. The minimum atomic E-state index is -0.311. The molecule has 0 bridgehead atoms. The van der Waals surface area contributed by atoms with E-state index in [-0.39, 0.29) is 18.1 Å². The Labute approximate surface area is 132 Å². The highest BCUT2D eigenvalue weighted by atomic mass is 79.9. The number of aryl methyl sites for hydroxylation is 3. The first-order valence-corrected chi connectivity index (χ1v) is 7.47. The Morgan fingerprint density at radius 1 is 1.10 bits per heavy atom. The van der Waals surface area contributed by atoms with Gasteiger partial charge in [-0.15, -0.1) is 0 Å². The van der Waals surface area contributed by atoms with E-state index in [0.717, 1.165) is 26.9 Å². The van der Waals surface area contributed by atoms with Crippen molar-refractivity contribution in [2.45, 2.75) is 27.2 Å². The fraction of sp³-hybridized carbons (Fsp3) is 0.235. The van der Waals surface area contributed by atoms with E-state index >= 15 is 0 Å². The van der Waals surface area contributed by atoms with Gasteiger partial charge < -0.3 is 5.32 Å². The van der Waals surface area contributed by atoms with Crippen molar-refractivity contribution in [1.82, 2.24) is 0 Å². The Morgan fingerprint density at radius 3 is 2.29 bits per heavy atom. The van der Waals surface area contributed by atoms with E-state index in [0.29, 0.717) is 5.56 Å². The van der Waals surface area contributed by atoms with Crippen LogP contribution in [0.15, 0.2) is 34.8 Å². The third-order valence-electron chi connectivity index (χ3n) is 3.23. The Balaban J connectivity index is 2.15. The van der Waals surface area contributed by atoms with Gasteiger partial charge in [0.05, 0.1) is 6.42 Å². The van der Waals surface area contributed by atoms with Gasteiger partial charge in [-0.1, -0.05) is 22.0 Å². The second-order valence-corrected chi connectivity index (χ2v) is 6.19. The number of hydrogen-bond donors (Lipinski definition) is 1. The summed E-state index contributed by atoms with van der Waals surface area (Å²) in [4.78, 5) is 12.1. The Kier molecular flexibility index (Phi) is 4.78. The van der Waals surface area contributed by atoms with Crippen LogP contribution in [-0.2, 0) is 11.2 Å². The van der Waals surface area contributed by atoms with Gasteiger partial charge in [0, 0.05) is 10.2 Å². The number of benzene rings is 2. The van der Waals surface area contributed by atoms with Crippen molar-refractivity contribution in [3.05, 3.63) is 62.9 Å². The number of carbonyl (C=O) groups excluding carboxylic acids is 1. The van der Waals surface area contributed by atoms with E-state index < -0.39 is 0 Å². The molecule has 0 saturated carbocycles. The second-order valence-electron chi connectivity index (χ2n) is 5.28. The number of anilines is 1. The van der Waals surface area contributed by atoms with Crippen molar-refractivity contribution in [3.63, 3.8) is 0 Å². The molecule has 0 fully saturated rings. The zero-order chi connectivity index (χ0) is 15.6. The summed E-state index contributed by atoms with van der Waals surface area (Å²) in [5.41, 5.74) is 4.29. The molecule has 2 nitrogen and oxygen atoms in total. The summed E-state index contributed by atoms with van der Waals surface area (Å²) in [5.74, 6) is -0.456. The third kappa shape index (κ3) is 4.14. The van der Waals surface area contributed by atoms with Crippen LogP contribution in [0.2, 0.25) is 0 Å². The van der Waals surface area contributed by atoms with Gasteiger partial charge in [-0.3, -0.25) is 4.79 Å². The summed E-state index contributed by atoms with van der Waals surface area (Å²) in [6, 6.07) is 8.58. The maximum Gasteiger partial charge on any atom is 0.228 e. The molecule has 110 valence electrons. The molecule has 21 heavy (non-hydrogen) atoms. The van der Waals surface area contributed by atoms with Crippen LogP contribution in [0.1, 0.15) is 22.3 Å². The average molecular weight is 350 g/mol. The molecule has 4 heteroatoms.